The molecule has 2 atom stereocenters. The number of nitrogens with one attached hydrogen (secondary N) is 1. The first-order chi connectivity index (χ1) is 8.25. The van der Waals surface area contributed by atoms with Crippen LogP contribution in [0.5, 0.6) is 0 Å². The number of hydrogen-bond acceptors (Lipinski definition) is 4. The molecule has 4 nitrogen and oxygen atoms in total. The molecule has 0 aromatic heterocycles. The zero-order valence-electron chi connectivity index (χ0n) is 9.91. The van der Waals surface area contributed by atoms with Crippen LogP contribution in [0.3, 0.4) is 0 Å². The highest BCUT2D eigenvalue weighted by atomic mass is 16.3. The Morgan fingerprint density at radius 3 is 2.76 bits per heavy atom. The first kappa shape index (κ1) is 10.8. The molecule has 3 aliphatic rings. The van der Waals surface area contributed by atoms with E-state index in [0.29, 0.717) is 36.3 Å². The summed E-state index contributed by atoms with van der Waals surface area (Å²) in [5, 5.41) is 13.2. The predicted molar refractivity (Wildman–Crippen MR) is 65.1 cm³/mol. The average Bonchev–Trinajstić information content (AvgIpc) is 2.71. The van der Waals surface area contributed by atoms with Gasteiger partial charge in [-0.2, -0.15) is 0 Å². The molecular weight excluding hydrogens is 216 g/mol. The molecule has 0 saturated heterocycles. The van der Waals surface area contributed by atoms with Gasteiger partial charge in [-0.15, -0.1) is 0 Å². The Hall–Kier alpha value is -1.32. The highest BCUT2D eigenvalue weighted by Gasteiger charge is 2.35. The zero-order valence-corrected chi connectivity index (χ0v) is 9.91. The fraction of sp³-hybridized carbons (Fsp3) is 0.692. The van der Waals surface area contributed by atoms with Crippen LogP contribution in [0.2, 0.25) is 0 Å². The first-order valence-electron chi connectivity index (χ1n) is 6.56. The van der Waals surface area contributed by atoms with E-state index in [4.69, 9.17) is 0 Å². The fourth-order valence-electron chi connectivity index (χ4n) is 3.05. The Labute approximate surface area is 101 Å². The van der Waals surface area contributed by atoms with E-state index in [2.05, 4.69) is 10.3 Å². The van der Waals surface area contributed by atoms with Gasteiger partial charge in [0, 0.05) is 18.9 Å². The Bertz CT molecular complexity index is 412. The van der Waals surface area contributed by atoms with Crippen LogP contribution < -0.4 is 5.32 Å². The fourth-order valence-corrected chi connectivity index (χ4v) is 3.05. The molecule has 4 heteroatoms. The molecule has 1 heterocycles. The molecule has 2 aliphatic carbocycles. The largest absolute Gasteiger partial charge is 0.511 e. The van der Waals surface area contributed by atoms with Crippen molar-refractivity contribution in [3.8, 4) is 0 Å². The van der Waals surface area contributed by atoms with Gasteiger partial charge < -0.3 is 10.4 Å². The van der Waals surface area contributed by atoms with Gasteiger partial charge in [0.15, 0.2) is 5.78 Å². The Morgan fingerprint density at radius 1 is 1.18 bits per heavy atom. The van der Waals surface area contributed by atoms with Gasteiger partial charge in [-0.1, -0.05) is 12.8 Å². The number of carbonyl (C=O) groups excluding carboxylic acids is 1. The predicted octanol–water partition coefficient (Wildman–Crippen LogP) is 1.86. The third kappa shape index (κ3) is 1.85. The van der Waals surface area contributed by atoms with E-state index in [-0.39, 0.29) is 11.5 Å². The van der Waals surface area contributed by atoms with Gasteiger partial charge in [-0.3, -0.25) is 9.79 Å². The molecule has 0 unspecified atom stereocenters. The van der Waals surface area contributed by atoms with Crippen LogP contribution in [-0.2, 0) is 4.79 Å². The van der Waals surface area contributed by atoms with Crippen molar-refractivity contribution in [3.05, 3.63) is 11.3 Å². The van der Waals surface area contributed by atoms with Crippen molar-refractivity contribution in [1.82, 2.24) is 5.32 Å². The summed E-state index contributed by atoms with van der Waals surface area (Å²) in [6, 6.07) is 0.697. The van der Waals surface area contributed by atoms with Gasteiger partial charge in [0.25, 0.3) is 0 Å². The van der Waals surface area contributed by atoms with E-state index >= 15 is 0 Å². The van der Waals surface area contributed by atoms with E-state index in [0.717, 1.165) is 19.3 Å². The van der Waals surface area contributed by atoms with Crippen molar-refractivity contribution >= 4 is 11.6 Å². The van der Waals surface area contributed by atoms with E-state index in [1.54, 1.807) is 0 Å². The second kappa shape index (κ2) is 4.17. The Kier molecular flexibility index (Phi) is 2.65. The van der Waals surface area contributed by atoms with E-state index < -0.39 is 0 Å². The van der Waals surface area contributed by atoms with Gasteiger partial charge in [-0.05, 0) is 19.3 Å². The van der Waals surface area contributed by atoms with Gasteiger partial charge in [0.05, 0.1) is 11.6 Å². The summed E-state index contributed by atoms with van der Waals surface area (Å²) in [6.45, 7) is 0. The molecule has 17 heavy (non-hydrogen) atoms. The molecule has 0 radical (unpaired) electrons. The van der Waals surface area contributed by atoms with Crippen molar-refractivity contribution in [2.24, 2.45) is 4.99 Å². The maximum Gasteiger partial charge on any atom is 0.169 e. The van der Waals surface area contributed by atoms with E-state index in [9.17, 15) is 9.90 Å². The second-order valence-corrected chi connectivity index (χ2v) is 5.18. The quantitative estimate of drug-likeness (QED) is 0.728. The average molecular weight is 234 g/mol. The number of hydrogen-bond donors (Lipinski definition) is 2. The van der Waals surface area contributed by atoms with Crippen LogP contribution >= 0.6 is 0 Å². The Balaban J connectivity index is 1.87. The summed E-state index contributed by atoms with van der Waals surface area (Å²) in [5.74, 6) is 0.925. The van der Waals surface area contributed by atoms with Crippen molar-refractivity contribution in [1.29, 1.82) is 0 Å². The van der Waals surface area contributed by atoms with Crippen LogP contribution in [0.4, 0.5) is 0 Å². The normalized spacial score (nSPS) is 33.2. The number of fused-ring (bicyclic) bond motifs is 1. The van der Waals surface area contributed by atoms with Crippen molar-refractivity contribution < 1.29 is 9.90 Å². The van der Waals surface area contributed by atoms with Gasteiger partial charge >= 0.3 is 0 Å². The smallest absolute Gasteiger partial charge is 0.169 e. The third-order valence-electron chi connectivity index (χ3n) is 3.97. The first-order valence-corrected chi connectivity index (χ1v) is 6.56. The highest BCUT2D eigenvalue weighted by Crippen LogP contribution is 2.29. The molecule has 92 valence electrons. The summed E-state index contributed by atoms with van der Waals surface area (Å²) in [7, 11) is 0. The number of nitrogens with zero attached hydrogens (tertiary/aromatic N) is 1. The lowest BCUT2D eigenvalue weighted by molar-refractivity contribution is -0.115. The van der Waals surface area contributed by atoms with Gasteiger partial charge in [-0.25, -0.2) is 0 Å². The second-order valence-electron chi connectivity index (χ2n) is 5.18. The SMILES string of the molecule is O=C1CCCC(O)=C1C1=N[C@H]2CCCC[C@H]2N1. The molecule has 0 aromatic rings. The summed E-state index contributed by atoms with van der Waals surface area (Å²) >= 11 is 0. The van der Waals surface area contributed by atoms with E-state index in [1.807, 2.05) is 0 Å². The topological polar surface area (TPSA) is 61.7 Å². The maximum absolute atomic E-state index is 11.9. The minimum atomic E-state index is 0.0404. The molecule has 0 aromatic carbocycles. The number of aliphatic hydroxyl groups excluding tert-OH is 1. The standard InChI is InChI=1S/C13H18N2O2/c16-10-6-3-7-11(17)12(10)13-14-8-4-1-2-5-9(8)15-13/h8-9,16H,1-7H2,(H,14,15)/t8-,9+. The van der Waals surface area contributed by atoms with Crippen molar-refractivity contribution in [3.63, 3.8) is 0 Å². The molecule has 1 aliphatic heterocycles. The molecule has 1 fully saturated rings. The highest BCUT2D eigenvalue weighted by molar-refractivity contribution is 6.22. The molecule has 1 saturated carbocycles. The van der Waals surface area contributed by atoms with Crippen molar-refractivity contribution in [2.75, 3.05) is 0 Å². The summed E-state index contributed by atoms with van der Waals surface area (Å²) < 4.78 is 0. The molecular formula is C13H18N2O2. The third-order valence-corrected chi connectivity index (χ3v) is 3.97. The van der Waals surface area contributed by atoms with Crippen LogP contribution in [-0.4, -0.2) is 28.8 Å². The number of carbonyl (C=O) groups is 1. The monoisotopic (exact) mass is 234 g/mol. The number of amidine groups is 1. The lowest BCUT2D eigenvalue weighted by atomic mass is 9.92. The zero-order chi connectivity index (χ0) is 11.8. The summed E-state index contributed by atoms with van der Waals surface area (Å²) in [4.78, 5) is 16.5. The van der Waals surface area contributed by atoms with Crippen molar-refractivity contribution in [2.45, 2.75) is 57.0 Å². The van der Waals surface area contributed by atoms with Crippen LogP contribution in [0.15, 0.2) is 16.3 Å². The minimum absolute atomic E-state index is 0.0404. The number of aliphatic hydroxyl groups is 1. The van der Waals surface area contributed by atoms with Crippen LogP contribution in [0, 0.1) is 0 Å². The summed E-state index contributed by atoms with van der Waals surface area (Å²) in [5.41, 5.74) is 0.464. The lowest BCUT2D eigenvalue weighted by Gasteiger charge is -2.23. The van der Waals surface area contributed by atoms with Crippen LogP contribution in [0.1, 0.15) is 44.9 Å². The molecule has 0 bridgehead atoms. The molecule has 0 spiro atoms. The molecule has 2 N–H and O–H groups in total. The summed E-state index contributed by atoms with van der Waals surface area (Å²) in [6.07, 6.45) is 6.58. The molecule has 0 amide bonds. The number of Topliss-reactive ketones (excluding diaryl/α,β-unsaturated/α-hetero) is 1. The number of allylic oxidation sites excluding steroid dienone is 1. The lowest BCUT2D eigenvalue weighted by Crippen LogP contribution is -2.38. The van der Waals surface area contributed by atoms with Gasteiger partial charge in [0.2, 0.25) is 0 Å². The maximum atomic E-state index is 11.9. The Morgan fingerprint density at radius 2 is 2.00 bits per heavy atom. The molecule has 3 rings (SSSR count). The number of rotatable bonds is 1. The minimum Gasteiger partial charge on any atom is -0.511 e. The number of ketones is 1. The van der Waals surface area contributed by atoms with Gasteiger partial charge in [0.1, 0.15) is 11.6 Å². The van der Waals surface area contributed by atoms with E-state index in [1.165, 1.54) is 12.8 Å². The number of aliphatic imine (C=N–C) groups is 1. The van der Waals surface area contributed by atoms with Crippen LogP contribution in [0.25, 0.3) is 0 Å².